The van der Waals surface area contributed by atoms with Crippen molar-refractivity contribution in [3.8, 4) is 0 Å². The second-order valence-electron chi connectivity index (χ2n) is 20.4. The molecule has 31 heteroatoms. The van der Waals surface area contributed by atoms with E-state index in [1.165, 1.54) is 0 Å². The number of aldehydes is 1. The minimum Gasteiger partial charge on any atom is -0.480 e. The first-order valence-corrected chi connectivity index (χ1v) is 28.8. The molecule has 2 atom stereocenters. The van der Waals surface area contributed by atoms with Crippen LogP contribution in [0.1, 0.15) is 0 Å². The van der Waals surface area contributed by atoms with Gasteiger partial charge in [0.2, 0.25) is 0 Å². The van der Waals surface area contributed by atoms with E-state index in [-0.39, 0.29) is 164 Å². The van der Waals surface area contributed by atoms with Crippen LogP contribution in [0.3, 0.4) is 0 Å². The Balaban J connectivity index is 2.37. The summed E-state index contributed by atoms with van der Waals surface area (Å²) in [5, 5.41) is 90.1. The molecule has 2 aliphatic heterocycles. The zero-order valence-corrected chi connectivity index (χ0v) is 48.7. The molecule has 2 heterocycles. The van der Waals surface area contributed by atoms with Crippen LogP contribution < -0.4 is 0 Å². The van der Waals surface area contributed by atoms with Crippen LogP contribution in [0.4, 0.5) is 0 Å². The van der Waals surface area contributed by atoms with Gasteiger partial charge in [0, 0.05) is 157 Å². The smallest absolute Gasteiger partial charge is 0.317 e. The van der Waals surface area contributed by atoms with Crippen molar-refractivity contribution in [1.82, 2.24) is 49.0 Å². The van der Waals surface area contributed by atoms with Crippen molar-refractivity contribution in [2.45, 2.75) is 12.2 Å². The number of rotatable bonds is 45. The first-order valence-electron chi connectivity index (χ1n) is 28.8. The first-order chi connectivity index (χ1) is 40.0. The Kier molecular flexibility index (Phi) is 43.9. The summed E-state index contributed by atoms with van der Waals surface area (Å²) in [6.45, 7) is 9.21. The molecule has 2 fully saturated rings. The van der Waals surface area contributed by atoms with Crippen LogP contribution in [0.25, 0.3) is 0 Å². The number of aliphatic hydroxyl groups is 4. The lowest BCUT2D eigenvalue weighted by Gasteiger charge is -2.35. The van der Waals surface area contributed by atoms with Crippen LogP contribution in [0, 0.1) is 0 Å². The minimum atomic E-state index is -1.06. The topological polar surface area (TPSA) is 372 Å². The first kappa shape index (κ1) is 75.3. The van der Waals surface area contributed by atoms with Crippen LogP contribution in [0.2, 0.25) is 0 Å². The zero-order chi connectivity index (χ0) is 60.9. The third kappa shape index (κ3) is 41.8. The van der Waals surface area contributed by atoms with Gasteiger partial charge >= 0.3 is 29.8 Å². The summed E-state index contributed by atoms with van der Waals surface area (Å²) in [4.78, 5) is 89.4. The van der Waals surface area contributed by atoms with Crippen molar-refractivity contribution in [1.29, 1.82) is 0 Å². The SMILES string of the molecule is O=CCN1CCN(CC(=O)O)CCN(CC(=O)O)CCN(CC(O)CN(CCOCCOCCOCCO)CCN(CCOCCOCCOCCO)CC(O)CN2CCN(CC(=O)O)CCN(CC(=O)O)CCN(CC(=O)O)CC2)CC1. The van der Waals surface area contributed by atoms with Gasteiger partial charge in [-0.2, -0.15) is 0 Å². The quantitative estimate of drug-likeness (QED) is 0.0202. The van der Waals surface area contributed by atoms with Gasteiger partial charge in [-0.25, -0.2) is 0 Å². The van der Waals surface area contributed by atoms with Crippen LogP contribution in [-0.2, 0) is 57.2 Å². The molecular weight excluding hydrogens is 1100 g/mol. The van der Waals surface area contributed by atoms with Gasteiger partial charge in [-0.05, 0) is 0 Å². The average molecular weight is 1200 g/mol. The highest BCUT2D eigenvalue weighted by Crippen LogP contribution is 2.08. The molecule has 0 amide bonds. The molecule has 0 aromatic carbocycles. The maximum absolute atomic E-state index is 11.9. The fraction of sp³-hybridized carbons (Fsp3) is 0.885. The zero-order valence-electron chi connectivity index (χ0n) is 48.7. The maximum atomic E-state index is 11.9. The monoisotopic (exact) mass is 1200 g/mol. The van der Waals surface area contributed by atoms with Gasteiger partial charge in [0.25, 0.3) is 0 Å². The summed E-state index contributed by atoms with van der Waals surface area (Å²) in [6, 6.07) is 0. The van der Waals surface area contributed by atoms with Gasteiger partial charge in [0.05, 0.1) is 144 Å². The number of hydrogen-bond donors (Lipinski definition) is 9. The fourth-order valence-electron chi connectivity index (χ4n) is 9.34. The number of hydrogen-bond acceptors (Lipinski definition) is 26. The second-order valence-corrected chi connectivity index (χ2v) is 20.4. The number of carboxylic acids is 5. The van der Waals surface area contributed by atoms with E-state index >= 15 is 0 Å². The normalized spacial score (nSPS) is 18.3. The van der Waals surface area contributed by atoms with Crippen molar-refractivity contribution in [2.24, 2.45) is 0 Å². The number of nitrogens with zero attached hydrogens (tertiary/aromatic N) is 10. The minimum absolute atomic E-state index is 0.0914. The number of carboxylic acid groups (broad SMARTS) is 5. The van der Waals surface area contributed by atoms with Crippen molar-refractivity contribution in [3.05, 3.63) is 0 Å². The largest absolute Gasteiger partial charge is 0.480 e. The standard InChI is InChI=1S/C52H100N10O21/c63-22-19-53-1-3-54(5-8-57(42-49(70)71)12-11-56(4-2-53)41-48(68)69)37-46(66)39-61(20-25-78-29-33-82-35-31-80-27-23-64)17-18-62(21-26-79-30-34-83-36-32-81-28-24-65)40-47(67)38-55-6-9-58(43-50(72)73)13-15-60(45-52(76)77)16-14-59(10-7-55)44-51(74)75/h22,46-47,64-67H,1-21,23-45H2,(H,68,69)(H,70,71)(H,72,73)(H,74,75)(H,76,77). The summed E-state index contributed by atoms with van der Waals surface area (Å²) in [7, 11) is 0. The third-order valence-corrected chi connectivity index (χ3v) is 13.7. The molecule has 83 heavy (non-hydrogen) atoms. The third-order valence-electron chi connectivity index (χ3n) is 13.7. The molecular formula is C52H100N10O21. The van der Waals surface area contributed by atoms with Gasteiger partial charge in [0.1, 0.15) is 6.29 Å². The second kappa shape index (κ2) is 48.3. The van der Waals surface area contributed by atoms with Gasteiger partial charge in [-0.15, -0.1) is 0 Å². The number of β-amino-alcohol motifs (C(OH)–C–C–N with tert-alkyl or cyclic N) is 2. The summed E-state index contributed by atoms with van der Waals surface area (Å²) >= 11 is 0. The van der Waals surface area contributed by atoms with Crippen molar-refractivity contribution >= 4 is 36.1 Å². The molecule has 0 aliphatic carbocycles. The maximum Gasteiger partial charge on any atom is 0.317 e. The molecule has 31 nitrogen and oxygen atoms in total. The molecule has 0 bridgehead atoms. The molecule has 2 unspecified atom stereocenters. The predicted molar refractivity (Wildman–Crippen MR) is 300 cm³/mol. The molecule has 0 spiro atoms. The van der Waals surface area contributed by atoms with Crippen LogP contribution in [-0.4, -0.2) is 432 Å². The lowest BCUT2D eigenvalue weighted by molar-refractivity contribution is -0.140. The lowest BCUT2D eigenvalue weighted by Crippen LogP contribution is -2.51. The van der Waals surface area contributed by atoms with E-state index in [0.717, 1.165) is 6.29 Å². The van der Waals surface area contributed by atoms with Gasteiger partial charge in [-0.1, -0.05) is 0 Å². The molecule has 0 aromatic rings. The van der Waals surface area contributed by atoms with E-state index in [1.54, 1.807) is 24.5 Å². The molecule has 9 N–H and O–H groups in total. The summed E-state index contributed by atoms with van der Waals surface area (Å²) in [5.41, 5.74) is 0. The highest BCUT2D eigenvalue weighted by molar-refractivity contribution is 5.70. The average Bonchev–Trinajstić information content (AvgIpc) is 3.42. The number of aliphatic carboxylic acids is 5. The van der Waals surface area contributed by atoms with Gasteiger partial charge in [-0.3, -0.25) is 73.0 Å². The van der Waals surface area contributed by atoms with Crippen molar-refractivity contribution in [2.75, 3.05) is 289 Å². The van der Waals surface area contributed by atoms with Gasteiger partial charge < -0.3 is 79.2 Å². The number of ether oxygens (including phenoxy) is 6. The van der Waals surface area contributed by atoms with Crippen LogP contribution in [0.5, 0.6) is 0 Å². The van der Waals surface area contributed by atoms with E-state index in [2.05, 4.69) is 0 Å². The molecule has 484 valence electrons. The summed E-state index contributed by atoms with van der Waals surface area (Å²) in [6.07, 6.45) is -1.09. The molecule has 2 rings (SSSR count). The molecule has 0 radical (unpaired) electrons. The Morgan fingerprint density at radius 2 is 0.578 bits per heavy atom. The van der Waals surface area contributed by atoms with E-state index in [4.69, 9.17) is 38.6 Å². The predicted octanol–water partition coefficient (Wildman–Crippen LogP) is -6.54. The van der Waals surface area contributed by atoms with Crippen molar-refractivity contribution < 1.29 is 103 Å². The molecule has 2 saturated heterocycles. The Morgan fingerprint density at radius 3 is 0.819 bits per heavy atom. The number of aliphatic hydroxyl groups excluding tert-OH is 4. The summed E-state index contributed by atoms with van der Waals surface area (Å²) < 4.78 is 33.6. The highest BCUT2D eigenvalue weighted by atomic mass is 16.6. The number of carbonyl (C=O) groups is 6. The molecule has 0 saturated carbocycles. The Hall–Kier alpha value is -3.78. The molecule has 2 aliphatic rings. The Labute approximate surface area is 488 Å². The van der Waals surface area contributed by atoms with Crippen LogP contribution >= 0.6 is 0 Å². The highest BCUT2D eigenvalue weighted by Gasteiger charge is 2.25. The van der Waals surface area contributed by atoms with Crippen molar-refractivity contribution in [3.63, 3.8) is 0 Å². The fourth-order valence-corrected chi connectivity index (χ4v) is 9.34. The lowest BCUT2D eigenvalue weighted by atomic mass is 10.2. The number of carbonyl (C=O) groups excluding carboxylic acids is 1. The van der Waals surface area contributed by atoms with E-state index in [1.807, 2.05) is 24.5 Å². The van der Waals surface area contributed by atoms with E-state index < -0.39 is 42.1 Å². The molecule has 0 aromatic heterocycles. The summed E-state index contributed by atoms with van der Waals surface area (Å²) in [5.74, 6) is -5.20. The Bertz CT molecular complexity index is 1690. The van der Waals surface area contributed by atoms with Gasteiger partial charge in [0.15, 0.2) is 0 Å². The van der Waals surface area contributed by atoms with Crippen LogP contribution in [0.15, 0.2) is 0 Å². The Morgan fingerprint density at radius 1 is 0.349 bits per heavy atom. The van der Waals surface area contributed by atoms with E-state index in [0.29, 0.717) is 125 Å². The van der Waals surface area contributed by atoms with E-state index in [9.17, 15) is 64.5 Å².